The van der Waals surface area contributed by atoms with Crippen molar-refractivity contribution in [1.82, 2.24) is 4.90 Å². The molecule has 0 bridgehead atoms. The molecule has 1 aliphatic rings. The maximum absolute atomic E-state index is 13.7. The second kappa shape index (κ2) is 6.26. The Kier molecular flexibility index (Phi) is 4.65. The summed E-state index contributed by atoms with van der Waals surface area (Å²) < 4.78 is 19.6. The first-order chi connectivity index (χ1) is 9.51. The fourth-order valence-electron chi connectivity index (χ4n) is 2.02. The summed E-state index contributed by atoms with van der Waals surface area (Å²) in [6, 6.07) is 2.61. The number of amides is 2. The molecule has 0 aromatic heterocycles. The van der Waals surface area contributed by atoms with Gasteiger partial charge in [-0.15, -0.1) is 0 Å². The first kappa shape index (κ1) is 14.8. The van der Waals surface area contributed by atoms with Crippen LogP contribution in [0.3, 0.4) is 0 Å². The maximum Gasteiger partial charge on any atom is 0.322 e. The van der Waals surface area contributed by atoms with Gasteiger partial charge in [0.15, 0.2) is 11.6 Å². The zero-order valence-corrected chi connectivity index (χ0v) is 13.0. The number of benzene rings is 1. The van der Waals surface area contributed by atoms with Crippen LogP contribution in [0.2, 0.25) is 0 Å². The molecule has 0 spiro atoms. The monoisotopic (exact) mass is 342 g/mol. The highest BCUT2D eigenvalue weighted by Gasteiger charge is 2.18. The van der Waals surface area contributed by atoms with Crippen molar-refractivity contribution in [2.75, 3.05) is 25.5 Å². The average molecular weight is 343 g/mol. The number of carbonyl (C=O) groups is 1. The molecule has 0 fully saturated rings. The van der Waals surface area contributed by atoms with Gasteiger partial charge in [0, 0.05) is 22.8 Å². The van der Waals surface area contributed by atoms with E-state index in [1.54, 1.807) is 17.9 Å². The fraction of sp³-hybridized carbons (Fsp3) is 0.357. The second-order valence-corrected chi connectivity index (χ2v) is 5.61. The summed E-state index contributed by atoms with van der Waals surface area (Å²) in [5.41, 5.74) is 1.21. The SMILES string of the molecule is COc1cc(C)c(NC(=O)N2CCC=C(Br)C2)cc1F. The summed E-state index contributed by atoms with van der Waals surface area (Å²) in [5.74, 6) is -0.322. The molecular weight excluding hydrogens is 327 g/mol. The fourth-order valence-corrected chi connectivity index (χ4v) is 2.55. The lowest BCUT2D eigenvalue weighted by Gasteiger charge is -2.26. The molecule has 0 saturated heterocycles. The molecule has 6 heteroatoms. The van der Waals surface area contributed by atoms with Crippen LogP contribution in [0.4, 0.5) is 14.9 Å². The summed E-state index contributed by atoms with van der Waals surface area (Å²) in [6.45, 7) is 2.98. The van der Waals surface area contributed by atoms with Crippen LogP contribution < -0.4 is 10.1 Å². The topological polar surface area (TPSA) is 41.6 Å². The van der Waals surface area contributed by atoms with E-state index in [9.17, 15) is 9.18 Å². The Morgan fingerprint density at radius 2 is 2.25 bits per heavy atom. The van der Waals surface area contributed by atoms with Gasteiger partial charge in [-0.2, -0.15) is 0 Å². The van der Waals surface area contributed by atoms with Crippen molar-refractivity contribution in [2.24, 2.45) is 0 Å². The van der Waals surface area contributed by atoms with Crippen LogP contribution in [0.15, 0.2) is 22.7 Å². The third-order valence-corrected chi connectivity index (χ3v) is 3.71. The maximum atomic E-state index is 13.7. The number of ether oxygens (including phenoxy) is 1. The van der Waals surface area contributed by atoms with Crippen molar-refractivity contribution in [3.8, 4) is 5.75 Å². The van der Waals surface area contributed by atoms with Gasteiger partial charge >= 0.3 is 6.03 Å². The molecule has 20 heavy (non-hydrogen) atoms. The van der Waals surface area contributed by atoms with E-state index >= 15 is 0 Å². The van der Waals surface area contributed by atoms with Crippen molar-refractivity contribution < 1.29 is 13.9 Å². The summed E-state index contributed by atoms with van der Waals surface area (Å²) in [7, 11) is 1.41. The molecule has 2 amide bonds. The standard InChI is InChI=1S/C14H16BrFN2O2/c1-9-6-13(20-2)11(16)7-12(9)17-14(19)18-5-3-4-10(15)8-18/h4,6-7H,3,5,8H2,1-2H3,(H,17,19). The lowest BCUT2D eigenvalue weighted by Crippen LogP contribution is -2.38. The minimum atomic E-state index is -0.492. The predicted molar refractivity (Wildman–Crippen MR) is 79.9 cm³/mol. The highest BCUT2D eigenvalue weighted by Crippen LogP contribution is 2.26. The Labute approximate surface area is 125 Å². The third-order valence-electron chi connectivity index (χ3n) is 3.13. The molecule has 0 atom stereocenters. The number of urea groups is 1. The van der Waals surface area contributed by atoms with E-state index in [2.05, 4.69) is 21.2 Å². The summed E-state index contributed by atoms with van der Waals surface area (Å²) in [5, 5.41) is 2.74. The van der Waals surface area contributed by atoms with Crippen LogP contribution in [-0.2, 0) is 0 Å². The van der Waals surface area contributed by atoms with Crippen LogP contribution in [-0.4, -0.2) is 31.1 Å². The quantitative estimate of drug-likeness (QED) is 0.891. The van der Waals surface area contributed by atoms with Crippen molar-refractivity contribution in [3.05, 3.63) is 34.1 Å². The van der Waals surface area contributed by atoms with Gasteiger partial charge in [-0.3, -0.25) is 0 Å². The molecule has 108 valence electrons. The zero-order chi connectivity index (χ0) is 14.7. The summed E-state index contributed by atoms with van der Waals surface area (Å²) >= 11 is 3.39. The largest absolute Gasteiger partial charge is 0.494 e. The summed E-state index contributed by atoms with van der Waals surface area (Å²) in [6.07, 6.45) is 2.85. The molecule has 1 aromatic rings. The Balaban J connectivity index is 2.12. The number of rotatable bonds is 2. The van der Waals surface area contributed by atoms with Crippen LogP contribution in [0.5, 0.6) is 5.75 Å². The Bertz CT molecular complexity index is 560. The van der Waals surface area contributed by atoms with Crippen LogP contribution in [0.1, 0.15) is 12.0 Å². The van der Waals surface area contributed by atoms with Gasteiger partial charge in [-0.05, 0) is 25.0 Å². The first-order valence-corrected chi connectivity index (χ1v) is 7.05. The number of nitrogens with one attached hydrogen (secondary N) is 1. The van der Waals surface area contributed by atoms with Gasteiger partial charge < -0.3 is 15.0 Å². The molecule has 4 nitrogen and oxygen atoms in total. The van der Waals surface area contributed by atoms with Crippen molar-refractivity contribution in [1.29, 1.82) is 0 Å². The number of aryl methyl sites for hydroxylation is 1. The first-order valence-electron chi connectivity index (χ1n) is 6.26. The van der Waals surface area contributed by atoms with E-state index in [4.69, 9.17) is 4.74 Å². The number of methoxy groups -OCH3 is 1. The number of hydrogen-bond donors (Lipinski definition) is 1. The number of hydrogen-bond acceptors (Lipinski definition) is 2. The minimum Gasteiger partial charge on any atom is -0.494 e. The molecule has 1 aromatic carbocycles. The second-order valence-electron chi connectivity index (χ2n) is 4.59. The number of carbonyl (C=O) groups excluding carboxylic acids is 1. The third kappa shape index (κ3) is 3.30. The highest BCUT2D eigenvalue weighted by atomic mass is 79.9. The van der Waals surface area contributed by atoms with Gasteiger partial charge in [-0.1, -0.05) is 22.0 Å². The lowest BCUT2D eigenvalue weighted by atomic mass is 10.2. The molecule has 1 aliphatic heterocycles. The zero-order valence-electron chi connectivity index (χ0n) is 11.4. The van der Waals surface area contributed by atoms with Crippen molar-refractivity contribution in [3.63, 3.8) is 0 Å². The van der Waals surface area contributed by atoms with Crippen LogP contribution >= 0.6 is 15.9 Å². The Morgan fingerprint density at radius 3 is 2.90 bits per heavy atom. The molecule has 1 N–H and O–H groups in total. The van der Waals surface area contributed by atoms with Crippen molar-refractivity contribution >= 4 is 27.6 Å². The highest BCUT2D eigenvalue weighted by molar-refractivity contribution is 9.11. The van der Waals surface area contributed by atoms with E-state index in [-0.39, 0.29) is 11.8 Å². The van der Waals surface area contributed by atoms with Crippen molar-refractivity contribution in [2.45, 2.75) is 13.3 Å². The molecule has 1 heterocycles. The van der Waals surface area contributed by atoms with E-state index in [1.165, 1.54) is 13.2 Å². The molecule has 2 rings (SSSR count). The smallest absolute Gasteiger partial charge is 0.322 e. The lowest BCUT2D eigenvalue weighted by molar-refractivity contribution is 0.216. The average Bonchev–Trinajstić information content (AvgIpc) is 2.42. The van der Waals surface area contributed by atoms with Gasteiger partial charge in [-0.25, -0.2) is 9.18 Å². The summed E-state index contributed by atoms with van der Waals surface area (Å²) in [4.78, 5) is 13.8. The van der Waals surface area contributed by atoms with Gasteiger partial charge in [0.05, 0.1) is 13.7 Å². The van der Waals surface area contributed by atoms with Gasteiger partial charge in [0.1, 0.15) is 0 Å². The Hall–Kier alpha value is -1.56. The molecule has 0 aliphatic carbocycles. The number of nitrogens with zero attached hydrogens (tertiary/aromatic N) is 1. The molecule has 0 unspecified atom stereocenters. The normalized spacial score (nSPS) is 14.8. The van der Waals surface area contributed by atoms with Crippen LogP contribution in [0, 0.1) is 12.7 Å². The minimum absolute atomic E-state index is 0.171. The molecule has 0 radical (unpaired) electrons. The number of halogens is 2. The van der Waals surface area contributed by atoms with E-state index in [0.29, 0.717) is 18.8 Å². The predicted octanol–water partition coefficient (Wildman–Crippen LogP) is 3.66. The van der Waals surface area contributed by atoms with Gasteiger partial charge in [0.25, 0.3) is 0 Å². The number of anilines is 1. The van der Waals surface area contributed by atoms with E-state index in [0.717, 1.165) is 16.5 Å². The van der Waals surface area contributed by atoms with Gasteiger partial charge in [0.2, 0.25) is 0 Å². The van der Waals surface area contributed by atoms with E-state index < -0.39 is 5.82 Å². The van der Waals surface area contributed by atoms with Crippen LogP contribution in [0.25, 0.3) is 0 Å². The molecule has 0 saturated carbocycles. The molecular formula is C14H16BrFN2O2. The van der Waals surface area contributed by atoms with E-state index in [1.807, 2.05) is 6.08 Å². The Morgan fingerprint density at radius 1 is 1.50 bits per heavy atom.